The van der Waals surface area contributed by atoms with Gasteiger partial charge in [-0.1, -0.05) is 29.8 Å². The van der Waals surface area contributed by atoms with Crippen LogP contribution in [0.1, 0.15) is 42.2 Å². The fourth-order valence-electron chi connectivity index (χ4n) is 4.78. The van der Waals surface area contributed by atoms with Crippen LogP contribution in [0.5, 0.6) is 5.75 Å². The smallest absolute Gasteiger partial charge is 0.262 e. The molecule has 1 heterocycles. The molecule has 0 unspecified atom stereocenters. The normalized spacial score (nSPS) is 16.9. The Balaban J connectivity index is 1.77. The van der Waals surface area contributed by atoms with Crippen molar-refractivity contribution in [1.82, 2.24) is 0 Å². The fourth-order valence-corrected chi connectivity index (χ4v) is 4.91. The number of benzene rings is 3. The third-order valence-electron chi connectivity index (χ3n) is 6.47. The van der Waals surface area contributed by atoms with E-state index in [0.717, 1.165) is 22.6 Å². The summed E-state index contributed by atoms with van der Waals surface area (Å²) in [4.78, 5) is 32.3. The van der Waals surface area contributed by atoms with Crippen molar-refractivity contribution in [1.29, 1.82) is 0 Å². The minimum absolute atomic E-state index is 0.0694. The highest BCUT2D eigenvalue weighted by molar-refractivity contribution is 6.30. The molecule has 0 aliphatic carbocycles. The van der Waals surface area contributed by atoms with Gasteiger partial charge in [-0.25, -0.2) is 0 Å². The topological polar surface area (TPSA) is 53.1 Å². The van der Waals surface area contributed by atoms with E-state index in [1.165, 1.54) is 0 Å². The van der Waals surface area contributed by atoms with Gasteiger partial charge in [-0.15, -0.1) is 0 Å². The van der Waals surface area contributed by atoms with Gasteiger partial charge in [-0.3, -0.25) is 9.59 Å². The van der Waals surface area contributed by atoms with Gasteiger partial charge in [0.25, 0.3) is 5.91 Å². The monoisotopic (exact) mass is 491 g/mol. The lowest BCUT2D eigenvalue weighted by Gasteiger charge is -2.43. The molecular weight excluding hydrogens is 462 g/mol. The molecule has 3 aromatic carbocycles. The second-order valence-corrected chi connectivity index (χ2v) is 9.42. The molecule has 2 amide bonds. The summed E-state index contributed by atoms with van der Waals surface area (Å²) >= 11 is 6.09. The standard InChI is InChI=1S/C28H30ClN3O3/c1-18-16-26(32(19(2)33)21-12-10-20(29)11-13-21)23-8-6-7-9-25(23)31(18)28(34)24-15-14-22(30(3)4)17-27(24)35-5/h6-15,17-18,26H,16H2,1-5H3/t18-,26+/m0/s1. The summed E-state index contributed by atoms with van der Waals surface area (Å²) in [6, 6.07) is 20.3. The van der Waals surface area contributed by atoms with Gasteiger partial charge < -0.3 is 19.4 Å². The molecule has 4 rings (SSSR count). The molecule has 0 N–H and O–H groups in total. The summed E-state index contributed by atoms with van der Waals surface area (Å²) in [6.07, 6.45) is 0.586. The number of amides is 2. The number of hydrogen-bond acceptors (Lipinski definition) is 4. The van der Waals surface area contributed by atoms with E-state index in [-0.39, 0.29) is 23.9 Å². The number of methoxy groups -OCH3 is 1. The van der Waals surface area contributed by atoms with Crippen molar-refractivity contribution < 1.29 is 14.3 Å². The molecule has 6 nitrogen and oxygen atoms in total. The average Bonchev–Trinajstić information content (AvgIpc) is 2.84. The molecule has 0 aromatic heterocycles. The molecule has 1 aliphatic heterocycles. The molecule has 182 valence electrons. The third-order valence-corrected chi connectivity index (χ3v) is 6.72. The highest BCUT2D eigenvalue weighted by Crippen LogP contribution is 2.43. The van der Waals surface area contributed by atoms with Crippen LogP contribution in [-0.2, 0) is 4.79 Å². The van der Waals surface area contributed by atoms with Gasteiger partial charge in [-0.2, -0.15) is 0 Å². The minimum Gasteiger partial charge on any atom is -0.496 e. The van der Waals surface area contributed by atoms with Gasteiger partial charge in [-0.05, 0) is 61.4 Å². The summed E-state index contributed by atoms with van der Waals surface area (Å²) in [6.45, 7) is 3.58. The van der Waals surface area contributed by atoms with Crippen molar-refractivity contribution in [2.45, 2.75) is 32.4 Å². The zero-order chi connectivity index (χ0) is 25.3. The maximum absolute atomic E-state index is 13.9. The van der Waals surface area contributed by atoms with Crippen LogP contribution in [0.4, 0.5) is 17.1 Å². The largest absolute Gasteiger partial charge is 0.496 e. The van der Waals surface area contributed by atoms with Gasteiger partial charge in [0.2, 0.25) is 5.91 Å². The van der Waals surface area contributed by atoms with E-state index in [1.54, 1.807) is 31.1 Å². The molecule has 0 saturated heterocycles. The summed E-state index contributed by atoms with van der Waals surface area (Å²) in [5, 5.41) is 0.612. The van der Waals surface area contributed by atoms with Crippen molar-refractivity contribution in [2.24, 2.45) is 0 Å². The van der Waals surface area contributed by atoms with E-state index >= 15 is 0 Å². The van der Waals surface area contributed by atoms with Crippen LogP contribution < -0.4 is 19.4 Å². The van der Waals surface area contributed by atoms with Crippen LogP contribution in [0.3, 0.4) is 0 Å². The maximum atomic E-state index is 13.9. The van der Waals surface area contributed by atoms with E-state index in [2.05, 4.69) is 0 Å². The van der Waals surface area contributed by atoms with Gasteiger partial charge in [0.05, 0.1) is 18.7 Å². The number of rotatable bonds is 5. The summed E-state index contributed by atoms with van der Waals surface area (Å²) in [5.74, 6) is 0.325. The Labute approximate surface area is 211 Å². The molecule has 2 atom stereocenters. The van der Waals surface area contributed by atoms with Crippen LogP contribution in [0.25, 0.3) is 0 Å². The van der Waals surface area contributed by atoms with Crippen molar-refractivity contribution >= 4 is 40.5 Å². The first-order valence-electron chi connectivity index (χ1n) is 11.6. The number of halogens is 1. The lowest BCUT2D eigenvalue weighted by molar-refractivity contribution is -0.117. The lowest BCUT2D eigenvalue weighted by atomic mass is 9.89. The van der Waals surface area contributed by atoms with Crippen LogP contribution in [0, 0.1) is 0 Å². The number of fused-ring (bicyclic) bond motifs is 1. The SMILES string of the molecule is COc1cc(N(C)C)ccc1C(=O)N1c2ccccc2[C@H](N(C(C)=O)c2ccc(Cl)cc2)C[C@@H]1C. The van der Waals surface area contributed by atoms with Crippen molar-refractivity contribution in [3.05, 3.63) is 82.9 Å². The molecule has 0 spiro atoms. The highest BCUT2D eigenvalue weighted by atomic mass is 35.5. The third kappa shape index (κ3) is 4.71. The number of carbonyl (C=O) groups is 2. The van der Waals surface area contributed by atoms with Crippen LogP contribution in [0.15, 0.2) is 66.7 Å². The maximum Gasteiger partial charge on any atom is 0.262 e. The van der Waals surface area contributed by atoms with E-state index in [1.807, 2.05) is 85.4 Å². The molecule has 35 heavy (non-hydrogen) atoms. The molecule has 1 aliphatic rings. The Kier molecular flexibility index (Phi) is 7.03. The Morgan fingerprint density at radius 2 is 1.66 bits per heavy atom. The van der Waals surface area contributed by atoms with E-state index in [0.29, 0.717) is 22.8 Å². The minimum atomic E-state index is -0.220. The average molecular weight is 492 g/mol. The number of ether oxygens (including phenoxy) is 1. The lowest BCUT2D eigenvalue weighted by Crippen LogP contribution is -2.47. The van der Waals surface area contributed by atoms with Crippen LogP contribution >= 0.6 is 11.6 Å². The quantitative estimate of drug-likeness (QED) is 0.442. The molecule has 0 bridgehead atoms. The molecule has 0 saturated carbocycles. The van der Waals surface area contributed by atoms with Crippen LogP contribution in [0.2, 0.25) is 5.02 Å². The van der Waals surface area contributed by atoms with Crippen LogP contribution in [-0.4, -0.2) is 39.1 Å². The second kappa shape index (κ2) is 10.0. The summed E-state index contributed by atoms with van der Waals surface area (Å²) in [5.41, 5.74) is 3.94. The zero-order valence-electron chi connectivity index (χ0n) is 20.7. The zero-order valence-corrected chi connectivity index (χ0v) is 21.4. The Morgan fingerprint density at radius 1 is 1.00 bits per heavy atom. The first kappa shape index (κ1) is 24.6. The van der Waals surface area contributed by atoms with E-state index < -0.39 is 0 Å². The molecule has 0 radical (unpaired) electrons. The molecule has 3 aromatic rings. The Morgan fingerprint density at radius 3 is 2.29 bits per heavy atom. The predicted molar refractivity (Wildman–Crippen MR) is 142 cm³/mol. The van der Waals surface area contributed by atoms with Gasteiger partial charge in [0, 0.05) is 55.2 Å². The van der Waals surface area contributed by atoms with Crippen molar-refractivity contribution in [3.8, 4) is 5.75 Å². The summed E-state index contributed by atoms with van der Waals surface area (Å²) in [7, 11) is 5.47. The Hall–Kier alpha value is -3.51. The second-order valence-electron chi connectivity index (χ2n) is 8.98. The van der Waals surface area contributed by atoms with E-state index in [4.69, 9.17) is 16.3 Å². The van der Waals surface area contributed by atoms with Gasteiger partial charge in [0.15, 0.2) is 0 Å². The summed E-state index contributed by atoms with van der Waals surface area (Å²) < 4.78 is 5.59. The molecule has 7 heteroatoms. The number of carbonyl (C=O) groups excluding carboxylic acids is 2. The van der Waals surface area contributed by atoms with Crippen molar-refractivity contribution in [3.63, 3.8) is 0 Å². The first-order chi connectivity index (χ1) is 16.7. The Bertz CT molecular complexity index is 1240. The molecular formula is C28H30ClN3O3. The number of nitrogens with zero attached hydrogens (tertiary/aromatic N) is 3. The van der Waals surface area contributed by atoms with Gasteiger partial charge in [0.1, 0.15) is 5.75 Å². The molecule has 0 fully saturated rings. The number of anilines is 3. The van der Waals surface area contributed by atoms with E-state index in [9.17, 15) is 9.59 Å². The number of hydrogen-bond donors (Lipinski definition) is 0. The van der Waals surface area contributed by atoms with Crippen molar-refractivity contribution in [2.75, 3.05) is 35.9 Å². The predicted octanol–water partition coefficient (Wildman–Crippen LogP) is 5.95. The van der Waals surface area contributed by atoms with Gasteiger partial charge >= 0.3 is 0 Å². The highest BCUT2D eigenvalue weighted by Gasteiger charge is 2.38. The fraction of sp³-hybridized carbons (Fsp3) is 0.286. The first-order valence-corrected chi connectivity index (χ1v) is 11.9. The number of para-hydroxylation sites is 1.